The molecule has 6 heteroatoms. The molecule has 1 aliphatic rings. The first-order valence-corrected chi connectivity index (χ1v) is 8.95. The van der Waals surface area contributed by atoms with E-state index in [-0.39, 0.29) is 24.0 Å². The number of guanidine groups is 1. The molecule has 1 rings (SSSR count). The highest BCUT2D eigenvalue weighted by Crippen LogP contribution is 2.12. The number of hydrogen-bond acceptors (Lipinski definition) is 3. The molecule has 1 unspecified atom stereocenters. The van der Waals surface area contributed by atoms with Crippen molar-refractivity contribution in [3.63, 3.8) is 0 Å². The minimum atomic E-state index is 0. The highest BCUT2D eigenvalue weighted by Gasteiger charge is 2.23. The molecule has 23 heavy (non-hydrogen) atoms. The number of morpholine rings is 1. The third-order valence-electron chi connectivity index (χ3n) is 4.31. The smallest absolute Gasteiger partial charge is 0.191 e. The van der Waals surface area contributed by atoms with Crippen molar-refractivity contribution in [2.45, 2.75) is 52.5 Å². The molecule has 0 aromatic heterocycles. The molecule has 1 atom stereocenters. The van der Waals surface area contributed by atoms with Crippen LogP contribution in [0.4, 0.5) is 0 Å². The van der Waals surface area contributed by atoms with Crippen LogP contribution in [0.3, 0.4) is 0 Å². The van der Waals surface area contributed by atoms with Crippen LogP contribution in [0.25, 0.3) is 0 Å². The number of ether oxygens (including phenoxy) is 1. The van der Waals surface area contributed by atoms with Crippen LogP contribution >= 0.6 is 24.0 Å². The number of hydrogen-bond donors (Lipinski definition) is 2. The van der Waals surface area contributed by atoms with Gasteiger partial charge in [-0.05, 0) is 12.3 Å². The Balaban J connectivity index is 0.00000484. The predicted molar refractivity (Wildman–Crippen MR) is 110 cm³/mol. The minimum absolute atomic E-state index is 0. The molecule has 2 N–H and O–H groups in total. The normalized spacial score (nSPS) is 17.7. The van der Waals surface area contributed by atoms with E-state index in [0.717, 1.165) is 45.4 Å². The lowest BCUT2D eigenvalue weighted by Gasteiger charge is -2.37. The lowest BCUT2D eigenvalue weighted by atomic mass is 10.0. The second-order valence-electron chi connectivity index (χ2n) is 6.40. The fourth-order valence-corrected chi connectivity index (χ4v) is 2.88. The highest BCUT2D eigenvalue weighted by molar-refractivity contribution is 14.0. The van der Waals surface area contributed by atoms with Crippen LogP contribution in [0.5, 0.6) is 0 Å². The number of rotatable bonds is 9. The zero-order valence-electron chi connectivity index (χ0n) is 15.4. The van der Waals surface area contributed by atoms with Gasteiger partial charge in [0.15, 0.2) is 5.96 Å². The summed E-state index contributed by atoms with van der Waals surface area (Å²) >= 11 is 0. The Bertz CT molecular complexity index is 307. The molecule has 0 saturated carbocycles. The van der Waals surface area contributed by atoms with E-state index >= 15 is 0 Å². The van der Waals surface area contributed by atoms with Crippen molar-refractivity contribution >= 4 is 29.9 Å². The van der Waals surface area contributed by atoms with Crippen LogP contribution in [0.1, 0.15) is 46.5 Å². The van der Waals surface area contributed by atoms with Crippen LogP contribution < -0.4 is 10.6 Å². The molecular weight excluding hydrogens is 403 g/mol. The van der Waals surface area contributed by atoms with Crippen LogP contribution in [-0.2, 0) is 4.74 Å². The molecule has 1 fully saturated rings. The van der Waals surface area contributed by atoms with E-state index in [9.17, 15) is 0 Å². The van der Waals surface area contributed by atoms with Crippen molar-refractivity contribution in [1.29, 1.82) is 0 Å². The maximum absolute atomic E-state index is 5.46. The second-order valence-corrected chi connectivity index (χ2v) is 6.40. The Morgan fingerprint density at radius 1 is 1.13 bits per heavy atom. The minimum Gasteiger partial charge on any atom is -0.379 e. The summed E-state index contributed by atoms with van der Waals surface area (Å²) in [6.07, 6.45) is 5.11. The monoisotopic (exact) mass is 440 g/mol. The van der Waals surface area contributed by atoms with E-state index in [1.807, 2.05) is 7.05 Å². The van der Waals surface area contributed by atoms with Crippen LogP contribution in [0.2, 0.25) is 0 Å². The number of halogens is 1. The maximum Gasteiger partial charge on any atom is 0.191 e. The van der Waals surface area contributed by atoms with Gasteiger partial charge in [0, 0.05) is 39.3 Å². The van der Waals surface area contributed by atoms with Gasteiger partial charge in [0.25, 0.3) is 0 Å². The van der Waals surface area contributed by atoms with Gasteiger partial charge >= 0.3 is 0 Å². The average Bonchev–Trinajstić information content (AvgIpc) is 2.53. The Kier molecular flexibility index (Phi) is 14.2. The summed E-state index contributed by atoms with van der Waals surface area (Å²) in [7, 11) is 1.85. The fourth-order valence-electron chi connectivity index (χ4n) is 2.88. The number of aliphatic imine (C=N–C) groups is 1. The molecule has 0 radical (unpaired) electrons. The Labute approximate surface area is 160 Å². The zero-order chi connectivity index (χ0) is 16.2. The van der Waals surface area contributed by atoms with Gasteiger partial charge in [-0.1, -0.05) is 40.0 Å². The summed E-state index contributed by atoms with van der Waals surface area (Å²) < 4.78 is 5.46. The van der Waals surface area contributed by atoms with E-state index in [0.29, 0.717) is 12.0 Å². The van der Waals surface area contributed by atoms with Crippen molar-refractivity contribution in [2.75, 3.05) is 46.4 Å². The third-order valence-corrected chi connectivity index (χ3v) is 4.31. The Morgan fingerprint density at radius 2 is 1.83 bits per heavy atom. The van der Waals surface area contributed by atoms with Gasteiger partial charge in [-0.25, -0.2) is 0 Å². The molecule has 0 aromatic carbocycles. The summed E-state index contributed by atoms with van der Waals surface area (Å²) in [4.78, 5) is 6.87. The van der Waals surface area contributed by atoms with Gasteiger partial charge < -0.3 is 15.4 Å². The predicted octanol–water partition coefficient (Wildman–Crippen LogP) is 2.71. The number of nitrogens with one attached hydrogen (secondary N) is 2. The fraction of sp³-hybridized carbons (Fsp3) is 0.941. The molecule has 5 nitrogen and oxygen atoms in total. The van der Waals surface area contributed by atoms with E-state index in [1.165, 1.54) is 25.7 Å². The summed E-state index contributed by atoms with van der Waals surface area (Å²) in [5.41, 5.74) is 0. The molecule has 1 aliphatic heterocycles. The summed E-state index contributed by atoms with van der Waals surface area (Å²) in [6, 6.07) is 0.530. The highest BCUT2D eigenvalue weighted by atomic mass is 127. The summed E-state index contributed by atoms with van der Waals surface area (Å²) in [5, 5.41) is 6.92. The lowest BCUT2D eigenvalue weighted by molar-refractivity contribution is 0.00752. The summed E-state index contributed by atoms with van der Waals surface area (Å²) in [6.45, 7) is 12.6. The van der Waals surface area contributed by atoms with Crippen molar-refractivity contribution in [3.8, 4) is 0 Å². The first kappa shape index (κ1) is 22.9. The molecule has 0 bridgehead atoms. The first-order chi connectivity index (χ1) is 10.7. The van der Waals surface area contributed by atoms with E-state index in [2.05, 4.69) is 41.3 Å². The molecule has 1 saturated heterocycles. The second kappa shape index (κ2) is 14.3. The topological polar surface area (TPSA) is 48.9 Å². The van der Waals surface area contributed by atoms with Crippen LogP contribution in [0.15, 0.2) is 4.99 Å². The number of unbranched alkanes of at least 4 members (excludes halogenated alkanes) is 3. The maximum atomic E-state index is 5.46. The molecule has 0 aliphatic carbocycles. The Morgan fingerprint density at radius 3 is 2.39 bits per heavy atom. The van der Waals surface area contributed by atoms with Gasteiger partial charge in [-0.15, -0.1) is 24.0 Å². The van der Waals surface area contributed by atoms with E-state index in [4.69, 9.17) is 4.74 Å². The van der Waals surface area contributed by atoms with Crippen LogP contribution in [0, 0.1) is 5.92 Å². The lowest BCUT2D eigenvalue weighted by Crippen LogP contribution is -2.52. The van der Waals surface area contributed by atoms with Gasteiger partial charge in [-0.2, -0.15) is 0 Å². The quantitative estimate of drug-likeness (QED) is 0.251. The molecule has 0 spiro atoms. The average molecular weight is 440 g/mol. The Hall–Kier alpha value is -0.0800. The van der Waals surface area contributed by atoms with Gasteiger partial charge in [-0.3, -0.25) is 9.89 Å². The van der Waals surface area contributed by atoms with Crippen molar-refractivity contribution in [2.24, 2.45) is 10.9 Å². The van der Waals surface area contributed by atoms with Crippen LogP contribution in [-0.4, -0.2) is 63.3 Å². The molecular formula is C17H37IN4O. The largest absolute Gasteiger partial charge is 0.379 e. The van der Waals surface area contributed by atoms with Gasteiger partial charge in [0.2, 0.25) is 0 Å². The van der Waals surface area contributed by atoms with E-state index in [1.54, 1.807) is 0 Å². The van der Waals surface area contributed by atoms with Crippen molar-refractivity contribution < 1.29 is 4.74 Å². The van der Waals surface area contributed by atoms with Gasteiger partial charge in [0.05, 0.1) is 13.2 Å². The zero-order valence-corrected chi connectivity index (χ0v) is 17.8. The molecule has 0 amide bonds. The molecule has 1 heterocycles. The summed E-state index contributed by atoms with van der Waals surface area (Å²) in [5.74, 6) is 1.55. The van der Waals surface area contributed by atoms with Crippen molar-refractivity contribution in [3.05, 3.63) is 0 Å². The van der Waals surface area contributed by atoms with E-state index < -0.39 is 0 Å². The molecule has 138 valence electrons. The van der Waals surface area contributed by atoms with Gasteiger partial charge in [0.1, 0.15) is 0 Å². The van der Waals surface area contributed by atoms with Crippen molar-refractivity contribution in [1.82, 2.24) is 15.5 Å². The number of nitrogens with zero attached hydrogens (tertiary/aromatic N) is 2. The standard InChI is InChI=1S/C17H36N4O.HI/c1-5-6-7-8-9-19-17(18-4)20-14-16(15(2)3)21-10-12-22-13-11-21;/h15-16H,5-14H2,1-4H3,(H2,18,19,20);1H. The third kappa shape index (κ3) is 9.72. The first-order valence-electron chi connectivity index (χ1n) is 8.95. The molecule has 0 aromatic rings. The SMILES string of the molecule is CCCCCCNC(=NC)NCC(C(C)C)N1CCOCC1.I.